The van der Waals surface area contributed by atoms with E-state index in [-0.39, 0.29) is 5.97 Å². The number of aliphatic imine (C=N–C) groups is 1. The number of aromatic amines is 1. The molecular weight excluding hydrogens is 372 g/mol. The van der Waals surface area contributed by atoms with Gasteiger partial charge < -0.3 is 9.72 Å². The first kappa shape index (κ1) is 21.3. The minimum atomic E-state index is -0.371. The van der Waals surface area contributed by atoms with Gasteiger partial charge in [0, 0.05) is 22.7 Å². The van der Waals surface area contributed by atoms with Crippen molar-refractivity contribution in [1.82, 2.24) is 4.98 Å². The first-order chi connectivity index (χ1) is 14.5. The monoisotopic (exact) mass is 400 g/mol. The third-order valence-electron chi connectivity index (χ3n) is 5.22. The molecule has 3 aromatic rings. The van der Waals surface area contributed by atoms with Gasteiger partial charge >= 0.3 is 5.97 Å². The number of benzene rings is 2. The van der Waals surface area contributed by atoms with E-state index in [0.29, 0.717) is 5.69 Å². The second kappa shape index (κ2) is 9.40. The largest absolute Gasteiger partial charge is 0.464 e. The van der Waals surface area contributed by atoms with Crippen LogP contribution in [0.3, 0.4) is 0 Å². The second-order valence-electron chi connectivity index (χ2n) is 7.22. The minimum Gasteiger partial charge on any atom is -0.464 e. The highest BCUT2D eigenvalue weighted by molar-refractivity contribution is 5.97. The molecule has 4 heteroatoms. The number of nitrogens with one attached hydrogen (secondary N) is 1. The van der Waals surface area contributed by atoms with Crippen LogP contribution < -0.4 is 0 Å². The molecule has 0 aliphatic heterocycles. The first-order valence-corrected chi connectivity index (χ1v) is 10.2. The SMILES string of the molecule is C/C=C(N=CCC)/C(=C\c1ccc2[nH]c(C(=O)OC)cc2c1)c1cccc(C)c1C. The van der Waals surface area contributed by atoms with Crippen molar-refractivity contribution in [3.63, 3.8) is 0 Å². The number of aromatic nitrogens is 1. The number of hydrogen-bond donors (Lipinski definition) is 1. The van der Waals surface area contributed by atoms with Crippen molar-refractivity contribution < 1.29 is 9.53 Å². The molecule has 1 N–H and O–H groups in total. The Kier molecular flexibility index (Phi) is 6.68. The summed E-state index contributed by atoms with van der Waals surface area (Å²) < 4.78 is 4.82. The molecule has 30 heavy (non-hydrogen) atoms. The predicted octanol–water partition coefficient (Wildman–Crippen LogP) is 6.50. The number of carbonyl (C=O) groups excluding carboxylic acids is 1. The number of carbonyl (C=O) groups is 1. The Morgan fingerprint density at radius 1 is 1.17 bits per heavy atom. The maximum atomic E-state index is 11.8. The van der Waals surface area contributed by atoms with Crippen molar-refractivity contribution in [2.75, 3.05) is 7.11 Å². The molecule has 0 radical (unpaired) electrons. The summed E-state index contributed by atoms with van der Waals surface area (Å²) in [7, 11) is 1.38. The van der Waals surface area contributed by atoms with Crippen LogP contribution in [0.4, 0.5) is 0 Å². The summed E-state index contributed by atoms with van der Waals surface area (Å²) in [5, 5.41) is 0.962. The van der Waals surface area contributed by atoms with E-state index in [9.17, 15) is 4.79 Å². The highest BCUT2D eigenvalue weighted by Gasteiger charge is 2.13. The third kappa shape index (κ3) is 4.43. The zero-order chi connectivity index (χ0) is 21.7. The van der Waals surface area contributed by atoms with Crippen LogP contribution in [-0.2, 0) is 4.74 Å². The van der Waals surface area contributed by atoms with Crippen molar-refractivity contribution in [3.8, 4) is 0 Å². The number of hydrogen-bond acceptors (Lipinski definition) is 3. The smallest absolute Gasteiger partial charge is 0.354 e. The van der Waals surface area contributed by atoms with Crippen molar-refractivity contribution in [3.05, 3.63) is 82.2 Å². The standard InChI is InChI=1S/C26H28N2O2/c1-6-13-27-23(7-2)22(21-10-8-9-17(3)18(21)4)15-19-11-12-24-20(14-19)16-25(28-24)26(29)30-5/h7-16,28H,6H2,1-5H3/b22-15-,23-7-,27-13?. The average molecular weight is 401 g/mol. The van der Waals surface area contributed by atoms with Crippen LogP contribution in [-0.4, -0.2) is 24.3 Å². The molecule has 0 aliphatic carbocycles. The normalized spacial score (nSPS) is 12.7. The molecule has 3 rings (SSSR count). The van der Waals surface area contributed by atoms with Gasteiger partial charge in [0.15, 0.2) is 0 Å². The Morgan fingerprint density at radius 2 is 1.97 bits per heavy atom. The summed E-state index contributed by atoms with van der Waals surface area (Å²) in [4.78, 5) is 19.7. The van der Waals surface area contributed by atoms with Crippen molar-refractivity contribution in [1.29, 1.82) is 0 Å². The van der Waals surface area contributed by atoms with E-state index in [2.05, 4.69) is 56.1 Å². The van der Waals surface area contributed by atoms with E-state index >= 15 is 0 Å². The molecule has 0 amide bonds. The molecule has 0 saturated carbocycles. The molecule has 1 aromatic heterocycles. The molecule has 0 atom stereocenters. The van der Waals surface area contributed by atoms with Gasteiger partial charge in [-0.2, -0.15) is 0 Å². The Balaban J connectivity index is 2.16. The number of nitrogens with zero attached hydrogens (tertiary/aromatic N) is 1. The van der Waals surface area contributed by atoms with Crippen LogP contribution in [0.2, 0.25) is 0 Å². The van der Waals surface area contributed by atoms with E-state index in [0.717, 1.165) is 34.2 Å². The van der Waals surface area contributed by atoms with Crippen molar-refractivity contribution >= 4 is 34.7 Å². The number of H-pyrrole nitrogens is 1. The predicted molar refractivity (Wildman–Crippen MR) is 126 cm³/mol. The van der Waals surface area contributed by atoms with Gasteiger partial charge in [0.1, 0.15) is 5.69 Å². The lowest BCUT2D eigenvalue weighted by atomic mass is 9.93. The molecule has 0 bridgehead atoms. The van der Waals surface area contributed by atoms with E-state index in [1.165, 1.54) is 23.8 Å². The molecule has 0 fully saturated rings. The summed E-state index contributed by atoms with van der Waals surface area (Å²) in [6, 6.07) is 14.3. The van der Waals surface area contributed by atoms with Gasteiger partial charge in [-0.1, -0.05) is 37.3 Å². The fourth-order valence-electron chi connectivity index (χ4n) is 3.45. The maximum absolute atomic E-state index is 11.8. The van der Waals surface area contributed by atoms with E-state index in [1.807, 2.05) is 37.4 Å². The van der Waals surface area contributed by atoms with Crippen molar-refractivity contribution in [2.24, 2.45) is 4.99 Å². The quantitative estimate of drug-likeness (QED) is 0.222. The lowest BCUT2D eigenvalue weighted by Crippen LogP contribution is -2.00. The van der Waals surface area contributed by atoms with Gasteiger partial charge in [0.05, 0.1) is 12.8 Å². The molecule has 154 valence electrons. The van der Waals surface area contributed by atoms with Crippen LogP contribution in [0.1, 0.15) is 53.0 Å². The number of rotatable bonds is 6. The third-order valence-corrected chi connectivity index (χ3v) is 5.22. The zero-order valence-corrected chi connectivity index (χ0v) is 18.2. The molecule has 1 heterocycles. The molecule has 0 unspecified atom stereocenters. The summed E-state index contributed by atoms with van der Waals surface area (Å²) in [6.07, 6.45) is 7.02. The van der Waals surface area contributed by atoms with Gasteiger partial charge in [-0.05, 0) is 73.7 Å². The number of aryl methyl sites for hydroxylation is 1. The number of ether oxygens (including phenoxy) is 1. The summed E-state index contributed by atoms with van der Waals surface area (Å²) in [6.45, 7) is 8.37. The second-order valence-corrected chi connectivity index (χ2v) is 7.22. The van der Waals surface area contributed by atoms with E-state index in [4.69, 9.17) is 9.73 Å². The van der Waals surface area contributed by atoms with E-state index in [1.54, 1.807) is 0 Å². The molecule has 2 aromatic carbocycles. The first-order valence-electron chi connectivity index (χ1n) is 10.2. The van der Waals surface area contributed by atoms with E-state index < -0.39 is 0 Å². The lowest BCUT2D eigenvalue weighted by Gasteiger charge is -2.14. The number of methoxy groups -OCH3 is 1. The zero-order valence-electron chi connectivity index (χ0n) is 18.2. The number of fused-ring (bicyclic) bond motifs is 1. The van der Waals surface area contributed by atoms with Crippen LogP contribution in [0.25, 0.3) is 22.6 Å². The van der Waals surface area contributed by atoms with Crippen LogP contribution in [0.5, 0.6) is 0 Å². The van der Waals surface area contributed by atoms with Gasteiger partial charge in [-0.15, -0.1) is 0 Å². The molecule has 4 nitrogen and oxygen atoms in total. The number of esters is 1. The minimum absolute atomic E-state index is 0.371. The van der Waals surface area contributed by atoms with Gasteiger partial charge in [-0.25, -0.2) is 4.79 Å². The lowest BCUT2D eigenvalue weighted by molar-refractivity contribution is 0.0595. The molecule has 0 saturated heterocycles. The Morgan fingerprint density at radius 3 is 2.67 bits per heavy atom. The van der Waals surface area contributed by atoms with Gasteiger partial charge in [-0.3, -0.25) is 4.99 Å². The molecular formula is C26H28N2O2. The van der Waals surface area contributed by atoms with Crippen molar-refractivity contribution in [2.45, 2.75) is 34.1 Å². The Bertz CT molecular complexity index is 1160. The summed E-state index contributed by atoms with van der Waals surface area (Å²) in [5.41, 5.74) is 8.06. The maximum Gasteiger partial charge on any atom is 0.354 e. The Labute approximate surface area is 178 Å². The fraction of sp³-hybridized carbons (Fsp3) is 0.231. The highest BCUT2D eigenvalue weighted by Crippen LogP contribution is 2.31. The van der Waals surface area contributed by atoms with Crippen LogP contribution in [0.15, 0.2) is 59.2 Å². The average Bonchev–Trinajstić information content (AvgIpc) is 3.18. The Hall–Kier alpha value is -3.40. The highest BCUT2D eigenvalue weighted by atomic mass is 16.5. The molecule has 0 aliphatic rings. The molecule has 0 spiro atoms. The fourth-order valence-corrected chi connectivity index (χ4v) is 3.45. The van der Waals surface area contributed by atoms with Crippen LogP contribution >= 0.6 is 0 Å². The topological polar surface area (TPSA) is 54.5 Å². The summed E-state index contributed by atoms with van der Waals surface area (Å²) >= 11 is 0. The number of allylic oxidation sites excluding steroid dienone is 2. The van der Waals surface area contributed by atoms with Gasteiger partial charge in [0.25, 0.3) is 0 Å². The summed E-state index contributed by atoms with van der Waals surface area (Å²) in [5.74, 6) is -0.371. The van der Waals surface area contributed by atoms with Gasteiger partial charge in [0.2, 0.25) is 0 Å². The van der Waals surface area contributed by atoms with Crippen LogP contribution in [0, 0.1) is 13.8 Å².